The summed E-state index contributed by atoms with van der Waals surface area (Å²) in [5.74, 6) is 1.25. The van der Waals surface area contributed by atoms with Crippen LogP contribution in [0, 0.1) is 5.41 Å². The Morgan fingerprint density at radius 3 is 1.95 bits per heavy atom. The van der Waals surface area contributed by atoms with Crippen LogP contribution >= 0.6 is 0 Å². The molecule has 1 heterocycles. The van der Waals surface area contributed by atoms with E-state index >= 15 is 0 Å². The highest BCUT2D eigenvalue weighted by molar-refractivity contribution is 5.84. The van der Waals surface area contributed by atoms with E-state index in [1.807, 2.05) is 0 Å². The molecule has 21 heavy (non-hydrogen) atoms. The van der Waals surface area contributed by atoms with Crippen molar-refractivity contribution in [1.29, 1.82) is 0 Å². The third-order valence-corrected chi connectivity index (χ3v) is 5.15. The Balaban J connectivity index is 2.08. The fraction of sp³-hybridized carbons (Fsp3) is 0.947. The van der Waals surface area contributed by atoms with Gasteiger partial charge in [0.25, 0.3) is 0 Å². The molecule has 124 valence electrons. The zero-order valence-corrected chi connectivity index (χ0v) is 15.2. The lowest BCUT2D eigenvalue weighted by Crippen LogP contribution is -2.41. The highest BCUT2D eigenvalue weighted by Gasteiger charge is 2.40. The molecule has 0 saturated carbocycles. The molecular formula is C19H38N2. The highest BCUT2D eigenvalue weighted by Crippen LogP contribution is 2.35. The maximum Gasteiger partial charge on any atom is 0.0971 e. The van der Waals surface area contributed by atoms with Gasteiger partial charge in [-0.3, -0.25) is 4.99 Å². The van der Waals surface area contributed by atoms with E-state index in [1.54, 1.807) is 0 Å². The maximum absolute atomic E-state index is 4.96. The summed E-state index contributed by atoms with van der Waals surface area (Å²) in [6.07, 6.45) is 13.7. The molecule has 0 radical (unpaired) electrons. The number of amidine groups is 1. The minimum Gasteiger partial charge on any atom is -0.371 e. The molecule has 0 aromatic rings. The number of aliphatic imine (C=N–C) groups is 1. The number of unbranched alkanes of at least 4 members (excludes halogenated alkanes) is 8. The van der Waals surface area contributed by atoms with Crippen LogP contribution in [0.25, 0.3) is 0 Å². The van der Waals surface area contributed by atoms with Crippen molar-refractivity contribution in [1.82, 2.24) is 5.32 Å². The normalized spacial score (nSPS) is 22.2. The van der Waals surface area contributed by atoms with Crippen LogP contribution in [0.4, 0.5) is 0 Å². The summed E-state index contributed by atoms with van der Waals surface area (Å²) in [4.78, 5) is 4.96. The molecule has 0 aromatic heterocycles. The molecule has 0 amide bonds. The Morgan fingerprint density at radius 1 is 0.952 bits per heavy atom. The third kappa shape index (κ3) is 6.40. The van der Waals surface area contributed by atoms with Crippen LogP contribution in [0.1, 0.15) is 98.8 Å². The van der Waals surface area contributed by atoms with Gasteiger partial charge in [0.05, 0.1) is 11.4 Å². The van der Waals surface area contributed by atoms with E-state index in [-0.39, 0.29) is 11.0 Å². The Morgan fingerprint density at radius 2 is 1.48 bits per heavy atom. The summed E-state index contributed by atoms with van der Waals surface area (Å²) in [6.45, 7) is 12.4. The van der Waals surface area contributed by atoms with Crippen molar-refractivity contribution < 1.29 is 0 Å². The Labute approximate surface area is 133 Å². The van der Waals surface area contributed by atoms with Crippen LogP contribution in [0.15, 0.2) is 4.99 Å². The molecule has 0 bridgehead atoms. The van der Waals surface area contributed by atoms with E-state index in [9.17, 15) is 0 Å². The van der Waals surface area contributed by atoms with Gasteiger partial charge in [-0.1, -0.05) is 79.1 Å². The quantitative estimate of drug-likeness (QED) is 0.512. The molecule has 0 aromatic carbocycles. The number of hydrogen-bond acceptors (Lipinski definition) is 2. The zero-order chi connectivity index (χ0) is 15.8. The SMILES string of the molecule is CCCCCCCCCCCC1=NC(C)(C(C)(C)C)CN1. The van der Waals surface area contributed by atoms with Gasteiger partial charge in [0.2, 0.25) is 0 Å². The molecule has 2 nitrogen and oxygen atoms in total. The number of nitrogens with zero attached hydrogens (tertiary/aromatic N) is 1. The van der Waals surface area contributed by atoms with E-state index in [0.717, 1.165) is 13.0 Å². The average Bonchev–Trinajstić information content (AvgIpc) is 2.80. The zero-order valence-electron chi connectivity index (χ0n) is 15.2. The summed E-state index contributed by atoms with van der Waals surface area (Å²) in [6, 6.07) is 0. The molecule has 1 unspecified atom stereocenters. The largest absolute Gasteiger partial charge is 0.371 e. The van der Waals surface area contributed by atoms with Crippen molar-refractivity contribution in [3.8, 4) is 0 Å². The van der Waals surface area contributed by atoms with Crippen LogP contribution in [0.2, 0.25) is 0 Å². The second-order valence-corrected chi connectivity index (χ2v) is 8.01. The minimum atomic E-state index is 0.0710. The van der Waals surface area contributed by atoms with Crippen molar-refractivity contribution in [2.24, 2.45) is 10.4 Å². The van der Waals surface area contributed by atoms with Crippen molar-refractivity contribution in [3.05, 3.63) is 0 Å². The van der Waals surface area contributed by atoms with E-state index in [2.05, 4.69) is 39.9 Å². The smallest absolute Gasteiger partial charge is 0.0971 e. The number of hydrogen-bond donors (Lipinski definition) is 1. The second kappa shape index (κ2) is 8.80. The third-order valence-electron chi connectivity index (χ3n) is 5.15. The van der Waals surface area contributed by atoms with E-state index in [4.69, 9.17) is 4.99 Å². The maximum atomic E-state index is 4.96. The Kier molecular flexibility index (Phi) is 7.76. The van der Waals surface area contributed by atoms with Gasteiger partial charge in [-0.25, -0.2) is 0 Å². The molecule has 1 rings (SSSR count). The molecule has 1 N–H and O–H groups in total. The summed E-state index contributed by atoms with van der Waals surface area (Å²) in [7, 11) is 0. The number of nitrogens with one attached hydrogen (secondary N) is 1. The predicted molar refractivity (Wildman–Crippen MR) is 95.1 cm³/mol. The molecule has 2 heteroatoms. The lowest BCUT2D eigenvalue weighted by molar-refractivity contribution is 0.224. The van der Waals surface area contributed by atoms with E-state index in [0.29, 0.717) is 0 Å². The lowest BCUT2D eigenvalue weighted by Gasteiger charge is -2.34. The molecule has 1 aliphatic heterocycles. The van der Waals surface area contributed by atoms with Gasteiger partial charge in [-0.05, 0) is 18.8 Å². The number of rotatable bonds is 10. The van der Waals surface area contributed by atoms with Gasteiger partial charge in [0.1, 0.15) is 0 Å². The molecular weight excluding hydrogens is 256 g/mol. The first kappa shape index (κ1) is 18.5. The Bertz CT molecular complexity index is 314. The topological polar surface area (TPSA) is 24.4 Å². The van der Waals surface area contributed by atoms with Crippen LogP contribution in [0.5, 0.6) is 0 Å². The van der Waals surface area contributed by atoms with Crippen LogP contribution < -0.4 is 5.32 Å². The van der Waals surface area contributed by atoms with Gasteiger partial charge in [-0.2, -0.15) is 0 Å². The molecule has 0 spiro atoms. The van der Waals surface area contributed by atoms with Gasteiger partial charge in [-0.15, -0.1) is 0 Å². The monoisotopic (exact) mass is 294 g/mol. The lowest BCUT2D eigenvalue weighted by atomic mass is 9.76. The van der Waals surface area contributed by atoms with Crippen molar-refractivity contribution in [2.45, 2.75) is 104 Å². The van der Waals surface area contributed by atoms with Gasteiger partial charge in [0.15, 0.2) is 0 Å². The molecule has 0 saturated heterocycles. The predicted octanol–water partition coefficient (Wildman–Crippen LogP) is 5.71. The molecule has 0 aliphatic carbocycles. The Hall–Kier alpha value is -0.530. The van der Waals surface area contributed by atoms with Gasteiger partial charge < -0.3 is 5.32 Å². The van der Waals surface area contributed by atoms with Crippen molar-refractivity contribution in [3.63, 3.8) is 0 Å². The van der Waals surface area contributed by atoms with Crippen LogP contribution in [-0.2, 0) is 0 Å². The first-order valence-electron chi connectivity index (χ1n) is 9.21. The summed E-state index contributed by atoms with van der Waals surface area (Å²) >= 11 is 0. The fourth-order valence-corrected chi connectivity index (χ4v) is 2.83. The van der Waals surface area contributed by atoms with Gasteiger partial charge >= 0.3 is 0 Å². The van der Waals surface area contributed by atoms with Crippen LogP contribution in [-0.4, -0.2) is 17.9 Å². The van der Waals surface area contributed by atoms with Gasteiger partial charge in [0, 0.05) is 13.0 Å². The minimum absolute atomic E-state index is 0.0710. The fourth-order valence-electron chi connectivity index (χ4n) is 2.83. The standard InChI is InChI=1S/C19H38N2/c1-6-7-8-9-10-11-12-13-14-15-17-20-16-19(5,21-17)18(2,3)4/h6-16H2,1-5H3,(H,20,21). The van der Waals surface area contributed by atoms with Crippen molar-refractivity contribution in [2.75, 3.05) is 6.54 Å². The first-order chi connectivity index (χ1) is 9.89. The molecule has 0 fully saturated rings. The summed E-state index contributed by atoms with van der Waals surface area (Å²) in [5.41, 5.74) is 0.307. The van der Waals surface area contributed by atoms with Crippen molar-refractivity contribution >= 4 is 5.84 Å². The van der Waals surface area contributed by atoms with E-state index in [1.165, 1.54) is 63.6 Å². The average molecular weight is 295 g/mol. The summed E-state index contributed by atoms with van der Waals surface area (Å²) < 4.78 is 0. The highest BCUT2D eigenvalue weighted by atomic mass is 15.1. The molecule has 1 aliphatic rings. The summed E-state index contributed by atoms with van der Waals surface area (Å²) in [5, 5.41) is 3.53. The van der Waals surface area contributed by atoms with E-state index < -0.39 is 0 Å². The first-order valence-corrected chi connectivity index (χ1v) is 9.21. The molecule has 1 atom stereocenters. The van der Waals surface area contributed by atoms with Crippen LogP contribution in [0.3, 0.4) is 0 Å². The second-order valence-electron chi connectivity index (χ2n) is 8.01.